The van der Waals surface area contributed by atoms with Gasteiger partial charge in [0.2, 0.25) is 5.88 Å². The van der Waals surface area contributed by atoms with Gasteiger partial charge in [-0.15, -0.1) is 5.10 Å². The Morgan fingerprint density at radius 1 is 1.08 bits per heavy atom. The van der Waals surface area contributed by atoms with Crippen molar-refractivity contribution in [1.82, 2.24) is 24.8 Å². The molecular formula is C18H21N5O2. The second-order valence-corrected chi connectivity index (χ2v) is 6.07. The van der Waals surface area contributed by atoms with Crippen molar-refractivity contribution in [3.63, 3.8) is 0 Å². The van der Waals surface area contributed by atoms with Gasteiger partial charge in [0.15, 0.2) is 5.65 Å². The summed E-state index contributed by atoms with van der Waals surface area (Å²) in [6.45, 7) is 5.70. The van der Waals surface area contributed by atoms with E-state index < -0.39 is 0 Å². The average molecular weight is 339 g/mol. The number of phenols is 1. The van der Waals surface area contributed by atoms with Crippen molar-refractivity contribution in [1.29, 1.82) is 0 Å². The van der Waals surface area contributed by atoms with Crippen molar-refractivity contribution in [2.45, 2.75) is 0 Å². The van der Waals surface area contributed by atoms with Gasteiger partial charge in [-0.1, -0.05) is 0 Å². The molecule has 0 saturated carbocycles. The first-order valence-corrected chi connectivity index (χ1v) is 8.50. The summed E-state index contributed by atoms with van der Waals surface area (Å²) < 4.78 is 7.60. The molecule has 0 spiro atoms. The third kappa shape index (κ3) is 3.57. The molecule has 3 heterocycles. The molecule has 1 aliphatic heterocycles. The van der Waals surface area contributed by atoms with Gasteiger partial charge in [-0.3, -0.25) is 4.90 Å². The predicted molar refractivity (Wildman–Crippen MR) is 94.9 cm³/mol. The van der Waals surface area contributed by atoms with Gasteiger partial charge < -0.3 is 15.2 Å². The highest BCUT2D eigenvalue weighted by atomic mass is 16.5. The molecule has 7 heteroatoms. The molecule has 1 aliphatic rings. The van der Waals surface area contributed by atoms with Crippen molar-refractivity contribution in [2.75, 3.05) is 39.3 Å². The number of phenolic OH excluding ortho intramolecular Hbond substituents is 1. The first kappa shape index (κ1) is 15.9. The molecule has 0 unspecified atom stereocenters. The van der Waals surface area contributed by atoms with E-state index in [-0.39, 0.29) is 5.75 Å². The number of piperazine rings is 1. The smallest absolute Gasteiger partial charge is 0.231 e. The van der Waals surface area contributed by atoms with Crippen LogP contribution in [0.5, 0.6) is 11.6 Å². The largest absolute Gasteiger partial charge is 0.508 e. The molecule has 0 bridgehead atoms. The van der Waals surface area contributed by atoms with Crippen molar-refractivity contribution in [3.05, 3.63) is 42.6 Å². The van der Waals surface area contributed by atoms with Crippen LogP contribution in [0.1, 0.15) is 0 Å². The monoisotopic (exact) mass is 339 g/mol. The van der Waals surface area contributed by atoms with E-state index in [2.05, 4.69) is 20.3 Å². The number of nitrogens with zero attached hydrogens (tertiary/aromatic N) is 4. The van der Waals surface area contributed by atoms with Gasteiger partial charge in [0.25, 0.3) is 0 Å². The van der Waals surface area contributed by atoms with Crippen LogP contribution < -0.4 is 10.1 Å². The Balaban J connectivity index is 1.49. The van der Waals surface area contributed by atoms with Crippen LogP contribution in [0.2, 0.25) is 0 Å². The molecule has 4 rings (SSSR count). The van der Waals surface area contributed by atoms with E-state index in [0.29, 0.717) is 12.5 Å². The quantitative estimate of drug-likeness (QED) is 0.732. The van der Waals surface area contributed by atoms with Crippen LogP contribution >= 0.6 is 0 Å². The van der Waals surface area contributed by atoms with E-state index in [9.17, 15) is 5.11 Å². The summed E-state index contributed by atoms with van der Waals surface area (Å²) in [5.74, 6) is 0.822. The topological polar surface area (TPSA) is 74.9 Å². The van der Waals surface area contributed by atoms with E-state index >= 15 is 0 Å². The Labute approximate surface area is 145 Å². The number of hydrogen-bond donors (Lipinski definition) is 2. The summed E-state index contributed by atoms with van der Waals surface area (Å²) in [5, 5.41) is 17.3. The third-order valence-corrected chi connectivity index (χ3v) is 4.37. The van der Waals surface area contributed by atoms with Gasteiger partial charge in [-0.05, 0) is 30.3 Å². The molecule has 2 aromatic heterocycles. The summed E-state index contributed by atoms with van der Waals surface area (Å²) in [7, 11) is 0. The predicted octanol–water partition coefficient (Wildman–Crippen LogP) is 1.39. The zero-order chi connectivity index (χ0) is 17.1. The number of aromatic nitrogens is 3. The Morgan fingerprint density at radius 3 is 2.68 bits per heavy atom. The number of fused-ring (bicyclic) bond motifs is 1. The minimum Gasteiger partial charge on any atom is -0.508 e. The van der Waals surface area contributed by atoms with E-state index in [4.69, 9.17) is 4.74 Å². The fourth-order valence-electron chi connectivity index (χ4n) is 2.98. The van der Waals surface area contributed by atoms with Crippen molar-refractivity contribution in [2.24, 2.45) is 0 Å². The summed E-state index contributed by atoms with van der Waals surface area (Å²) in [4.78, 5) is 6.76. The third-order valence-electron chi connectivity index (χ3n) is 4.37. The van der Waals surface area contributed by atoms with Gasteiger partial charge in [0.05, 0.1) is 11.9 Å². The molecule has 1 saturated heterocycles. The van der Waals surface area contributed by atoms with Gasteiger partial charge in [-0.25, -0.2) is 9.50 Å². The molecule has 2 N–H and O–H groups in total. The number of hydrogen-bond acceptors (Lipinski definition) is 6. The van der Waals surface area contributed by atoms with Gasteiger partial charge in [-0.2, -0.15) is 0 Å². The van der Waals surface area contributed by atoms with Crippen LogP contribution in [0.25, 0.3) is 16.9 Å². The molecule has 1 fully saturated rings. The highest BCUT2D eigenvalue weighted by molar-refractivity contribution is 5.63. The summed E-state index contributed by atoms with van der Waals surface area (Å²) >= 11 is 0. The van der Waals surface area contributed by atoms with Crippen LogP contribution in [-0.4, -0.2) is 63.9 Å². The molecule has 130 valence electrons. The average Bonchev–Trinajstić information content (AvgIpc) is 3.07. The molecule has 3 aromatic rings. The normalized spacial score (nSPS) is 15.5. The summed E-state index contributed by atoms with van der Waals surface area (Å²) in [5.41, 5.74) is 2.57. The SMILES string of the molecule is Oc1ccc(-c2cnc3ccc(OCCN4CCNCC4)nn23)cc1. The van der Waals surface area contributed by atoms with Crippen LogP contribution in [0.3, 0.4) is 0 Å². The molecule has 1 aromatic carbocycles. The zero-order valence-corrected chi connectivity index (χ0v) is 13.9. The summed E-state index contributed by atoms with van der Waals surface area (Å²) in [6, 6.07) is 10.7. The van der Waals surface area contributed by atoms with Gasteiger partial charge in [0.1, 0.15) is 12.4 Å². The standard InChI is InChI=1S/C18H21N5O2/c24-15-3-1-14(2-4-15)16-13-20-17-5-6-18(21-23(16)17)25-12-11-22-9-7-19-8-10-22/h1-6,13,19,24H,7-12H2. The van der Waals surface area contributed by atoms with Crippen LogP contribution in [0.4, 0.5) is 0 Å². The molecular weight excluding hydrogens is 318 g/mol. The minimum atomic E-state index is 0.238. The Bertz CT molecular complexity index is 840. The maximum Gasteiger partial charge on any atom is 0.231 e. The number of rotatable bonds is 5. The van der Waals surface area contributed by atoms with Crippen LogP contribution in [-0.2, 0) is 0 Å². The maximum absolute atomic E-state index is 9.45. The minimum absolute atomic E-state index is 0.238. The molecule has 0 aliphatic carbocycles. The second-order valence-electron chi connectivity index (χ2n) is 6.07. The lowest BCUT2D eigenvalue weighted by Crippen LogP contribution is -2.44. The van der Waals surface area contributed by atoms with E-state index in [1.165, 1.54) is 0 Å². The highest BCUT2D eigenvalue weighted by Crippen LogP contribution is 2.23. The zero-order valence-electron chi connectivity index (χ0n) is 13.9. The Kier molecular flexibility index (Phi) is 4.49. The molecule has 25 heavy (non-hydrogen) atoms. The molecule has 0 amide bonds. The van der Waals surface area contributed by atoms with Crippen molar-refractivity contribution in [3.8, 4) is 22.9 Å². The van der Waals surface area contributed by atoms with Gasteiger partial charge >= 0.3 is 0 Å². The Morgan fingerprint density at radius 2 is 1.88 bits per heavy atom. The lowest BCUT2D eigenvalue weighted by atomic mass is 10.2. The lowest BCUT2D eigenvalue weighted by Gasteiger charge is -2.26. The van der Waals surface area contributed by atoms with E-state index in [0.717, 1.165) is 49.6 Å². The first-order chi connectivity index (χ1) is 12.3. The maximum atomic E-state index is 9.45. The fraction of sp³-hybridized carbons (Fsp3) is 0.333. The molecule has 7 nitrogen and oxygen atoms in total. The van der Waals surface area contributed by atoms with Gasteiger partial charge in [0, 0.05) is 44.4 Å². The van der Waals surface area contributed by atoms with E-state index in [1.807, 2.05) is 24.3 Å². The number of benzene rings is 1. The highest BCUT2D eigenvalue weighted by Gasteiger charge is 2.11. The second kappa shape index (κ2) is 7.08. The number of imidazole rings is 1. The van der Waals surface area contributed by atoms with E-state index in [1.54, 1.807) is 22.8 Å². The van der Waals surface area contributed by atoms with Crippen LogP contribution in [0, 0.1) is 0 Å². The Hall–Kier alpha value is -2.64. The first-order valence-electron chi connectivity index (χ1n) is 8.50. The number of nitrogens with one attached hydrogen (secondary N) is 1. The lowest BCUT2D eigenvalue weighted by molar-refractivity contribution is 0.187. The van der Waals surface area contributed by atoms with Crippen molar-refractivity contribution >= 4 is 5.65 Å². The fourth-order valence-corrected chi connectivity index (χ4v) is 2.98. The molecule has 0 atom stereocenters. The van der Waals surface area contributed by atoms with Crippen LogP contribution in [0.15, 0.2) is 42.6 Å². The number of aromatic hydroxyl groups is 1. The number of ether oxygens (including phenoxy) is 1. The molecule has 0 radical (unpaired) electrons. The summed E-state index contributed by atoms with van der Waals surface area (Å²) in [6.07, 6.45) is 1.78. The van der Waals surface area contributed by atoms with Crippen molar-refractivity contribution < 1.29 is 9.84 Å².